The van der Waals surface area contributed by atoms with Crippen molar-refractivity contribution in [1.82, 2.24) is 14.9 Å². The van der Waals surface area contributed by atoms with E-state index in [0.29, 0.717) is 5.69 Å². The highest BCUT2D eigenvalue weighted by molar-refractivity contribution is 7.99. The molecule has 1 aromatic heterocycles. The summed E-state index contributed by atoms with van der Waals surface area (Å²) in [6.07, 6.45) is 3.92. The van der Waals surface area contributed by atoms with Crippen LogP contribution in [0.2, 0.25) is 5.15 Å². The summed E-state index contributed by atoms with van der Waals surface area (Å²) >= 11 is 7.59. The van der Waals surface area contributed by atoms with E-state index < -0.39 is 0 Å². The Labute approximate surface area is 103 Å². The Balaban J connectivity index is 2.11. The molecule has 0 radical (unpaired) electrons. The monoisotopic (exact) mass is 257 g/mol. The number of carbonyl (C=O) groups is 1. The number of nitrogens with zero attached hydrogens (tertiary/aromatic N) is 3. The zero-order valence-corrected chi connectivity index (χ0v) is 10.3. The molecular weight excluding hydrogens is 246 g/mol. The van der Waals surface area contributed by atoms with Crippen molar-refractivity contribution in [2.45, 2.75) is 6.42 Å². The molecule has 4 nitrogen and oxygen atoms in total. The van der Waals surface area contributed by atoms with Gasteiger partial charge in [0, 0.05) is 18.8 Å². The van der Waals surface area contributed by atoms with Gasteiger partial charge in [0.05, 0.1) is 12.4 Å². The van der Waals surface area contributed by atoms with Crippen molar-refractivity contribution in [2.75, 3.05) is 24.6 Å². The average Bonchev–Trinajstić information content (AvgIpc) is 2.56. The second-order valence-corrected chi connectivity index (χ2v) is 5.10. The summed E-state index contributed by atoms with van der Waals surface area (Å²) in [4.78, 5) is 21.7. The van der Waals surface area contributed by atoms with E-state index in [1.807, 2.05) is 16.7 Å². The zero-order valence-electron chi connectivity index (χ0n) is 8.73. The number of halogens is 1. The van der Waals surface area contributed by atoms with Crippen molar-refractivity contribution in [3.05, 3.63) is 23.2 Å². The molecule has 1 aromatic rings. The van der Waals surface area contributed by atoms with Gasteiger partial charge < -0.3 is 4.90 Å². The lowest BCUT2D eigenvalue weighted by molar-refractivity contribution is 0.0762. The highest BCUT2D eigenvalue weighted by Gasteiger charge is 2.18. The number of thioether (sulfide) groups is 1. The number of amides is 1. The van der Waals surface area contributed by atoms with Gasteiger partial charge in [-0.05, 0) is 12.2 Å². The Kier molecular flexibility index (Phi) is 4.01. The summed E-state index contributed by atoms with van der Waals surface area (Å²) in [6.45, 7) is 1.57. The minimum absolute atomic E-state index is 0.0718. The number of hydrogen-bond donors (Lipinski definition) is 0. The van der Waals surface area contributed by atoms with E-state index >= 15 is 0 Å². The fraction of sp³-hybridized carbons (Fsp3) is 0.500. The molecule has 2 heterocycles. The second-order valence-electron chi connectivity index (χ2n) is 3.49. The van der Waals surface area contributed by atoms with Gasteiger partial charge in [-0.25, -0.2) is 4.98 Å². The lowest BCUT2D eigenvalue weighted by Gasteiger charge is -2.19. The molecule has 1 aliphatic rings. The lowest BCUT2D eigenvalue weighted by atomic mass is 10.3. The van der Waals surface area contributed by atoms with Gasteiger partial charge >= 0.3 is 0 Å². The molecule has 0 bridgehead atoms. The van der Waals surface area contributed by atoms with E-state index in [1.165, 1.54) is 12.4 Å². The van der Waals surface area contributed by atoms with Crippen LogP contribution in [0, 0.1) is 0 Å². The Bertz CT molecular complexity index is 380. The van der Waals surface area contributed by atoms with Crippen LogP contribution in [0.25, 0.3) is 0 Å². The first kappa shape index (κ1) is 11.7. The first-order chi connectivity index (χ1) is 7.77. The first-order valence-corrected chi connectivity index (χ1v) is 6.65. The summed E-state index contributed by atoms with van der Waals surface area (Å²) in [5.74, 6) is 2.03. The quantitative estimate of drug-likeness (QED) is 0.768. The molecule has 1 saturated heterocycles. The highest BCUT2D eigenvalue weighted by Crippen LogP contribution is 2.12. The van der Waals surface area contributed by atoms with Gasteiger partial charge in [0.1, 0.15) is 10.8 Å². The molecule has 0 aliphatic carbocycles. The predicted molar refractivity (Wildman–Crippen MR) is 64.9 cm³/mol. The van der Waals surface area contributed by atoms with Gasteiger partial charge in [0.25, 0.3) is 5.91 Å². The molecule has 1 amide bonds. The summed E-state index contributed by atoms with van der Waals surface area (Å²) in [6, 6.07) is 0. The SMILES string of the molecule is O=C(c1cncc(Cl)n1)N1CCCSCC1. The van der Waals surface area contributed by atoms with Crippen molar-refractivity contribution < 1.29 is 4.79 Å². The number of carbonyl (C=O) groups excluding carboxylic acids is 1. The molecule has 6 heteroatoms. The third kappa shape index (κ3) is 2.86. The first-order valence-electron chi connectivity index (χ1n) is 5.12. The van der Waals surface area contributed by atoms with Gasteiger partial charge in [-0.1, -0.05) is 11.6 Å². The van der Waals surface area contributed by atoms with Crippen LogP contribution in [-0.4, -0.2) is 45.4 Å². The van der Waals surface area contributed by atoms with Crippen LogP contribution in [0.4, 0.5) is 0 Å². The fourth-order valence-corrected chi connectivity index (χ4v) is 2.59. The maximum atomic E-state index is 12.1. The van der Waals surface area contributed by atoms with Crippen molar-refractivity contribution >= 4 is 29.3 Å². The number of hydrogen-bond acceptors (Lipinski definition) is 4. The van der Waals surface area contributed by atoms with Crippen molar-refractivity contribution in [3.8, 4) is 0 Å². The van der Waals surface area contributed by atoms with Crippen molar-refractivity contribution in [2.24, 2.45) is 0 Å². The predicted octanol–water partition coefficient (Wildman–Crippen LogP) is 1.71. The molecule has 2 rings (SSSR count). The minimum atomic E-state index is -0.0718. The third-order valence-corrected chi connectivity index (χ3v) is 3.56. The van der Waals surface area contributed by atoms with Crippen molar-refractivity contribution in [3.63, 3.8) is 0 Å². The van der Waals surface area contributed by atoms with Crippen molar-refractivity contribution in [1.29, 1.82) is 0 Å². The van der Waals surface area contributed by atoms with E-state index in [-0.39, 0.29) is 11.1 Å². The van der Waals surface area contributed by atoms with Crippen LogP contribution in [0.5, 0.6) is 0 Å². The third-order valence-electron chi connectivity index (χ3n) is 2.33. The largest absolute Gasteiger partial charge is 0.336 e. The van der Waals surface area contributed by atoms with Gasteiger partial charge in [0.15, 0.2) is 0 Å². The van der Waals surface area contributed by atoms with Crippen LogP contribution in [0.3, 0.4) is 0 Å². The van der Waals surface area contributed by atoms with E-state index in [2.05, 4.69) is 9.97 Å². The molecular formula is C10H12ClN3OS. The zero-order chi connectivity index (χ0) is 11.4. The van der Waals surface area contributed by atoms with Gasteiger partial charge in [-0.2, -0.15) is 11.8 Å². The van der Waals surface area contributed by atoms with Crippen LogP contribution in [0.1, 0.15) is 16.9 Å². The molecule has 0 unspecified atom stereocenters. The molecule has 0 saturated carbocycles. The van der Waals surface area contributed by atoms with Gasteiger partial charge in [-0.15, -0.1) is 0 Å². The average molecular weight is 258 g/mol. The molecule has 1 aliphatic heterocycles. The molecule has 0 N–H and O–H groups in total. The summed E-state index contributed by atoms with van der Waals surface area (Å²) in [5, 5.41) is 0.259. The Morgan fingerprint density at radius 2 is 2.25 bits per heavy atom. The summed E-state index contributed by atoms with van der Waals surface area (Å²) in [5.41, 5.74) is 0.333. The Hall–Kier alpha value is -0.810. The highest BCUT2D eigenvalue weighted by atomic mass is 35.5. The van der Waals surface area contributed by atoms with Crippen LogP contribution in [-0.2, 0) is 0 Å². The fourth-order valence-electron chi connectivity index (χ4n) is 1.56. The maximum Gasteiger partial charge on any atom is 0.274 e. The maximum absolute atomic E-state index is 12.1. The molecule has 86 valence electrons. The van der Waals surface area contributed by atoms with E-state index in [0.717, 1.165) is 31.0 Å². The van der Waals surface area contributed by atoms with Crippen LogP contribution < -0.4 is 0 Å². The van der Waals surface area contributed by atoms with Gasteiger partial charge in [0.2, 0.25) is 0 Å². The number of rotatable bonds is 1. The van der Waals surface area contributed by atoms with E-state index in [4.69, 9.17) is 11.6 Å². The summed E-state index contributed by atoms with van der Waals surface area (Å²) in [7, 11) is 0. The molecule has 16 heavy (non-hydrogen) atoms. The van der Waals surface area contributed by atoms with E-state index in [9.17, 15) is 4.79 Å². The summed E-state index contributed by atoms with van der Waals surface area (Å²) < 4.78 is 0. The standard InChI is InChI=1S/C10H12ClN3OS/c11-9-7-12-6-8(13-9)10(15)14-2-1-4-16-5-3-14/h6-7H,1-5H2. The Morgan fingerprint density at radius 3 is 3.06 bits per heavy atom. The molecule has 0 atom stereocenters. The minimum Gasteiger partial charge on any atom is -0.336 e. The number of aromatic nitrogens is 2. The lowest BCUT2D eigenvalue weighted by Crippen LogP contribution is -2.33. The topological polar surface area (TPSA) is 46.1 Å². The normalized spacial score (nSPS) is 16.9. The van der Waals surface area contributed by atoms with Crippen LogP contribution in [0.15, 0.2) is 12.4 Å². The van der Waals surface area contributed by atoms with Gasteiger partial charge in [-0.3, -0.25) is 9.78 Å². The molecule has 0 aromatic carbocycles. The molecule has 1 fully saturated rings. The molecule has 0 spiro atoms. The van der Waals surface area contributed by atoms with E-state index in [1.54, 1.807) is 0 Å². The Morgan fingerprint density at radius 1 is 1.38 bits per heavy atom. The second kappa shape index (κ2) is 5.50. The van der Waals surface area contributed by atoms with Crippen LogP contribution >= 0.6 is 23.4 Å². The smallest absolute Gasteiger partial charge is 0.274 e.